The second kappa shape index (κ2) is 5.75. The first-order valence-electron chi connectivity index (χ1n) is 7.08. The molecule has 1 saturated heterocycles. The quantitative estimate of drug-likeness (QED) is 0.889. The van der Waals surface area contributed by atoms with Crippen LogP contribution in [0.1, 0.15) is 26.7 Å². The molecule has 2 heterocycles. The minimum atomic E-state index is -0.826. The van der Waals surface area contributed by atoms with Crippen molar-refractivity contribution >= 4 is 17.7 Å². The smallest absolute Gasteiger partial charge is 0.321 e. The Balaban J connectivity index is 2.00. The molecule has 116 valence electrons. The fourth-order valence-corrected chi connectivity index (χ4v) is 2.61. The van der Waals surface area contributed by atoms with E-state index in [2.05, 4.69) is 10.4 Å². The molecule has 1 aromatic rings. The number of carboxylic acids is 1. The molecule has 1 aliphatic rings. The van der Waals surface area contributed by atoms with E-state index < -0.39 is 11.4 Å². The molecule has 1 unspecified atom stereocenters. The van der Waals surface area contributed by atoms with Crippen LogP contribution in [0.15, 0.2) is 12.4 Å². The Morgan fingerprint density at radius 2 is 2.19 bits per heavy atom. The van der Waals surface area contributed by atoms with Crippen molar-refractivity contribution in [1.82, 2.24) is 14.7 Å². The first-order chi connectivity index (χ1) is 9.80. The third kappa shape index (κ3) is 3.34. The lowest BCUT2D eigenvalue weighted by atomic mass is 9.74. The molecule has 2 rings (SSSR count). The van der Waals surface area contributed by atoms with Crippen LogP contribution in [0.5, 0.6) is 0 Å². The number of nitrogens with zero attached hydrogens (tertiary/aromatic N) is 3. The lowest BCUT2D eigenvalue weighted by Crippen LogP contribution is -2.48. The predicted octanol–water partition coefficient (Wildman–Crippen LogP) is 1.77. The summed E-state index contributed by atoms with van der Waals surface area (Å²) in [5.41, 5.74) is -0.185. The second-order valence-corrected chi connectivity index (χ2v) is 6.14. The topological polar surface area (TPSA) is 87.5 Å². The van der Waals surface area contributed by atoms with E-state index in [9.17, 15) is 14.7 Å². The molecule has 0 bridgehead atoms. The Kier molecular flexibility index (Phi) is 4.20. The van der Waals surface area contributed by atoms with Crippen molar-refractivity contribution in [2.75, 3.05) is 18.4 Å². The van der Waals surface area contributed by atoms with Crippen molar-refractivity contribution in [3.8, 4) is 0 Å². The van der Waals surface area contributed by atoms with Crippen molar-refractivity contribution in [3.05, 3.63) is 12.4 Å². The number of aliphatic carboxylic acids is 1. The van der Waals surface area contributed by atoms with Gasteiger partial charge in [-0.15, -0.1) is 0 Å². The zero-order chi connectivity index (χ0) is 15.6. The van der Waals surface area contributed by atoms with Gasteiger partial charge in [0.15, 0.2) is 0 Å². The monoisotopic (exact) mass is 294 g/mol. The molecule has 1 atom stereocenters. The number of aryl methyl sites for hydroxylation is 1. The number of urea groups is 1. The van der Waals surface area contributed by atoms with Gasteiger partial charge >= 0.3 is 12.0 Å². The van der Waals surface area contributed by atoms with Gasteiger partial charge < -0.3 is 15.3 Å². The first kappa shape index (κ1) is 15.3. The van der Waals surface area contributed by atoms with Crippen molar-refractivity contribution in [3.63, 3.8) is 0 Å². The van der Waals surface area contributed by atoms with Gasteiger partial charge in [0.1, 0.15) is 0 Å². The Labute approximate surface area is 123 Å². The summed E-state index contributed by atoms with van der Waals surface area (Å²) in [7, 11) is 1.78. The molecule has 1 fully saturated rings. The predicted molar refractivity (Wildman–Crippen MR) is 77.9 cm³/mol. The van der Waals surface area contributed by atoms with Crippen LogP contribution in [0.3, 0.4) is 0 Å². The van der Waals surface area contributed by atoms with Crippen molar-refractivity contribution < 1.29 is 14.7 Å². The van der Waals surface area contributed by atoms with Gasteiger partial charge in [-0.2, -0.15) is 5.10 Å². The molecular weight excluding hydrogens is 272 g/mol. The number of piperidine rings is 1. The summed E-state index contributed by atoms with van der Waals surface area (Å²) < 4.78 is 1.61. The Bertz CT molecular complexity index is 538. The zero-order valence-electron chi connectivity index (χ0n) is 12.7. The lowest BCUT2D eigenvalue weighted by Gasteiger charge is -2.39. The largest absolute Gasteiger partial charge is 0.481 e. The molecule has 1 aliphatic heterocycles. The maximum atomic E-state index is 12.2. The van der Waals surface area contributed by atoms with Gasteiger partial charge in [0.25, 0.3) is 0 Å². The van der Waals surface area contributed by atoms with E-state index in [1.165, 1.54) is 0 Å². The van der Waals surface area contributed by atoms with Gasteiger partial charge in [-0.25, -0.2) is 4.79 Å². The van der Waals surface area contributed by atoms with E-state index in [0.29, 0.717) is 18.8 Å². The van der Waals surface area contributed by atoms with Crippen LogP contribution in [-0.4, -0.2) is 44.9 Å². The molecule has 0 saturated carbocycles. The molecule has 0 spiro atoms. The molecule has 7 heteroatoms. The Morgan fingerprint density at radius 1 is 1.48 bits per heavy atom. The van der Waals surface area contributed by atoms with Gasteiger partial charge in [-0.3, -0.25) is 9.48 Å². The molecule has 2 amide bonds. The molecular formula is C14H22N4O3. The van der Waals surface area contributed by atoms with E-state index in [1.807, 2.05) is 0 Å². The number of likely N-dealkylation sites (tertiary alicyclic amines) is 1. The summed E-state index contributed by atoms with van der Waals surface area (Å²) in [5.74, 6) is -0.856. The number of hydrogen-bond acceptors (Lipinski definition) is 3. The minimum absolute atomic E-state index is 0.0385. The van der Waals surface area contributed by atoms with E-state index in [1.54, 1.807) is 42.9 Å². The number of carbonyl (C=O) groups is 2. The number of carbonyl (C=O) groups excluding carboxylic acids is 1. The summed E-state index contributed by atoms with van der Waals surface area (Å²) in [5, 5.41) is 16.1. The summed E-state index contributed by atoms with van der Waals surface area (Å²) in [4.78, 5) is 25.3. The van der Waals surface area contributed by atoms with Gasteiger partial charge in [-0.1, -0.05) is 0 Å². The number of amides is 2. The van der Waals surface area contributed by atoms with Crippen LogP contribution in [0.4, 0.5) is 10.5 Å². The van der Waals surface area contributed by atoms with Crippen molar-refractivity contribution in [2.24, 2.45) is 18.4 Å². The molecule has 7 nitrogen and oxygen atoms in total. The summed E-state index contributed by atoms with van der Waals surface area (Å²) in [6.07, 6.45) is 4.96. The average molecular weight is 294 g/mol. The number of anilines is 1. The second-order valence-electron chi connectivity index (χ2n) is 6.14. The first-order valence-corrected chi connectivity index (χ1v) is 7.08. The van der Waals surface area contributed by atoms with Crippen LogP contribution in [-0.2, 0) is 11.8 Å². The maximum Gasteiger partial charge on any atom is 0.321 e. The normalized spacial score (nSPS) is 19.4. The maximum absolute atomic E-state index is 12.2. The van der Waals surface area contributed by atoms with Crippen LogP contribution in [0.2, 0.25) is 0 Å². The number of aromatic nitrogens is 2. The van der Waals surface area contributed by atoms with Crippen molar-refractivity contribution in [1.29, 1.82) is 0 Å². The highest BCUT2D eigenvalue weighted by molar-refractivity contribution is 5.89. The fourth-order valence-electron chi connectivity index (χ4n) is 2.61. The van der Waals surface area contributed by atoms with E-state index >= 15 is 0 Å². The number of carboxylic acid groups (broad SMARTS) is 1. The fraction of sp³-hybridized carbons (Fsp3) is 0.643. The number of rotatable bonds is 3. The molecule has 1 aromatic heterocycles. The summed E-state index contributed by atoms with van der Waals surface area (Å²) >= 11 is 0. The number of nitrogens with one attached hydrogen (secondary N) is 1. The van der Waals surface area contributed by atoms with Gasteiger partial charge in [0.2, 0.25) is 0 Å². The van der Waals surface area contributed by atoms with Crippen LogP contribution in [0, 0.1) is 11.3 Å². The van der Waals surface area contributed by atoms with E-state index in [-0.39, 0.29) is 11.9 Å². The zero-order valence-corrected chi connectivity index (χ0v) is 12.7. The van der Waals surface area contributed by atoms with Gasteiger partial charge in [-0.05, 0) is 32.6 Å². The van der Waals surface area contributed by atoms with Crippen LogP contribution in [0.25, 0.3) is 0 Å². The highest BCUT2D eigenvalue weighted by Gasteiger charge is 2.40. The molecule has 0 aliphatic carbocycles. The SMILES string of the molecule is Cn1cc(NC(=O)N2CCCC(C(C)(C)C(=O)O)C2)cn1. The average Bonchev–Trinajstić information content (AvgIpc) is 2.84. The minimum Gasteiger partial charge on any atom is -0.481 e. The molecule has 0 radical (unpaired) electrons. The lowest BCUT2D eigenvalue weighted by molar-refractivity contribution is -0.151. The Hall–Kier alpha value is -2.05. The van der Waals surface area contributed by atoms with Crippen LogP contribution < -0.4 is 5.32 Å². The Morgan fingerprint density at radius 3 is 2.76 bits per heavy atom. The number of hydrogen-bond donors (Lipinski definition) is 2. The van der Waals surface area contributed by atoms with Crippen molar-refractivity contribution in [2.45, 2.75) is 26.7 Å². The third-order valence-electron chi connectivity index (χ3n) is 4.24. The molecule has 0 aromatic carbocycles. The van der Waals surface area contributed by atoms with E-state index in [0.717, 1.165) is 12.8 Å². The standard InChI is InChI=1S/C14H22N4O3/c1-14(2,12(19)20)10-5-4-6-18(8-10)13(21)16-11-7-15-17(3)9-11/h7,9-10H,4-6,8H2,1-3H3,(H,16,21)(H,19,20). The summed E-state index contributed by atoms with van der Waals surface area (Å²) in [6.45, 7) is 4.56. The highest BCUT2D eigenvalue weighted by atomic mass is 16.4. The third-order valence-corrected chi connectivity index (χ3v) is 4.24. The molecule has 21 heavy (non-hydrogen) atoms. The van der Waals surface area contributed by atoms with Gasteiger partial charge in [0, 0.05) is 26.3 Å². The van der Waals surface area contributed by atoms with Crippen LogP contribution >= 0.6 is 0 Å². The summed E-state index contributed by atoms with van der Waals surface area (Å²) in [6, 6.07) is -0.200. The molecule has 2 N–H and O–H groups in total. The van der Waals surface area contributed by atoms with E-state index in [4.69, 9.17) is 0 Å². The highest BCUT2D eigenvalue weighted by Crippen LogP contribution is 2.34. The van der Waals surface area contributed by atoms with Gasteiger partial charge in [0.05, 0.1) is 17.3 Å².